The lowest BCUT2D eigenvalue weighted by atomic mass is 9.90. The zero-order valence-corrected chi connectivity index (χ0v) is 10.1. The zero-order valence-electron chi connectivity index (χ0n) is 9.31. The van der Waals surface area contributed by atoms with E-state index in [4.69, 9.17) is 0 Å². The summed E-state index contributed by atoms with van der Waals surface area (Å²) < 4.78 is 23.1. The lowest BCUT2D eigenvalue weighted by Crippen LogP contribution is -2.39. The highest BCUT2D eigenvalue weighted by molar-refractivity contribution is 7.91. The Balaban J connectivity index is 2.38. The molecule has 1 atom stereocenters. The van der Waals surface area contributed by atoms with Gasteiger partial charge in [-0.05, 0) is 25.3 Å². The van der Waals surface area contributed by atoms with Gasteiger partial charge < -0.3 is 5.11 Å². The molecule has 1 saturated heterocycles. The van der Waals surface area contributed by atoms with Crippen LogP contribution >= 0.6 is 0 Å². The molecule has 1 fully saturated rings. The SMILES string of the molecule is Cc1cccc(C2(O)CCCS(=O)(=O)C2)c1. The number of rotatable bonds is 1. The van der Waals surface area contributed by atoms with Gasteiger partial charge in [0.25, 0.3) is 0 Å². The van der Waals surface area contributed by atoms with Crippen molar-refractivity contribution in [1.29, 1.82) is 0 Å². The van der Waals surface area contributed by atoms with E-state index in [0.29, 0.717) is 12.8 Å². The molecule has 4 heteroatoms. The van der Waals surface area contributed by atoms with Crippen LogP contribution in [0.1, 0.15) is 24.0 Å². The van der Waals surface area contributed by atoms with E-state index in [-0.39, 0.29) is 11.5 Å². The predicted octanol–water partition coefficient (Wildman–Crippen LogP) is 1.39. The highest BCUT2D eigenvalue weighted by Gasteiger charge is 2.38. The molecule has 1 unspecified atom stereocenters. The third-order valence-electron chi connectivity index (χ3n) is 3.06. The minimum atomic E-state index is -3.10. The molecule has 0 aliphatic carbocycles. The Labute approximate surface area is 96.0 Å². The number of hydrogen-bond acceptors (Lipinski definition) is 3. The van der Waals surface area contributed by atoms with Crippen LogP contribution in [0.15, 0.2) is 24.3 Å². The van der Waals surface area contributed by atoms with E-state index in [1.807, 2.05) is 25.1 Å². The third-order valence-corrected chi connectivity index (χ3v) is 4.89. The summed E-state index contributed by atoms with van der Waals surface area (Å²) in [6.45, 7) is 1.93. The van der Waals surface area contributed by atoms with E-state index >= 15 is 0 Å². The molecule has 2 rings (SSSR count). The molecule has 0 radical (unpaired) electrons. The second-order valence-corrected chi connectivity index (χ2v) is 6.78. The number of benzene rings is 1. The second kappa shape index (κ2) is 3.86. The van der Waals surface area contributed by atoms with Crippen LogP contribution in [0.5, 0.6) is 0 Å². The predicted molar refractivity (Wildman–Crippen MR) is 63.0 cm³/mol. The van der Waals surface area contributed by atoms with Gasteiger partial charge in [0.2, 0.25) is 0 Å². The Bertz CT molecular complexity index is 493. The molecule has 1 aliphatic heterocycles. The molecule has 0 saturated carbocycles. The van der Waals surface area contributed by atoms with Crippen LogP contribution in [-0.2, 0) is 15.4 Å². The van der Waals surface area contributed by atoms with Gasteiger partial charge in [-0.1, -0.05) is 29.8 Å². The summed E-state index contributed by atoms with van der Waals surface area (Å²) >= 11 is 0. The third kappa shape index (κ3) is 2.28. The van der Waals surface area contributed by atoms with E-state index in [1.54, 1.807) is 6.07 Å². The standard InChI is InChI=1S/C12H16O3S/c1-10-4-2-5-11(8-10)12(13)6-3-7-16(14,15)9-12/h2,4-5,8,13H,3,6-7,9H2,1H3. The normalized spacial score (nSPS) is 28.9. The molecule has 0 spiro atoms. The fraction of sp³-hybridized carbons (Fsp3) is 0.500. The lowest BCUT2D eigenvalue weighted by molar-refractivity contribution is 0.0466. The molecule has 0 amide bonds. The van der Waals surface area contributed by atoms with Gasteiger partial charge >= 0.3 is 0 Å². The Morgan fingerprint density at radius 1 is 1.38 bits per heavy atom. The van der Waals surface area contributed by atoms with Crippen molar-refractivity contribution >= 4 is 9.84 Å². The molecule has 88 valence electrons. The summed E-state index contributed by atoms with van der Waals surface area (Å²) in [4.78, 5) is 0. The summed E-state index contributed by atoms with van der Waals surface area (Å²) in [5, 5.41) is 10.4. The van der Waals surface area contributed by atoms with Crippen molar-refractivity contribution in [2.24, 2.45) is 0 Å². The average Bonchev–Trinajstić information content (AvgIpc) is 2.15. The molecule has 16 heavy (non-hydrogen) atoms. The fourth-order valence-corrected chi connectivity index (χ4v) is 4.02. The molecule has 1 N–H and O–H groups in total. The van der Waals surface area contributed by atoms with Gasteiger partial charge in [-0.2, -0.15) is 0 Å². The van der Waals surface area contributed by atoms with Gasteiger partial charge in [-0.3, -0.25) is 0 Å². The van der Waals surface area contributed by atoms with Crippen molar-refractivity contribution in [2.75, 3.05) is 11.5 Å². The van der Waals surface area contributed by atoms with Gasteiger partial charge in [0.15, 0.2) is 9.84 Å². The first kappa shape index (κ1) is 11.6. The van der Waals surface area contributed by atoms with Crippen LogP contribution in [-0.4, -0.2) is 25.0 Å². The van der Waals surface area contributed by atoms with E-state index < -0.39 is 15.4 Å². The van der Waals surface area contributed by atoms with Gasteiger partial charge in [0.05, 0.1) is 11.5 Å². The van der Waals surface area contributed by atoms with Crippen molar-refractivity contribution in [1.82, 2.24) is 0 Å². The molecular weight excluding hydrogens is 224 g/mol. The van der Waals surface area contributed by atoms with Crippen molar-refractivity contribution in [3.05, 3.63) is 35.4 Å². The maximum Gasteiger partial charge on any atom is 0.153 e. The minimum absolute atomic E-state index is 0.149. The first-order valence-corrected chi connectivity index (χ1v) is 7.23. The maximum absolute atomic E-state index is 11.6. The average molecular weight is 240 g/mol. The quantitative estimate of drug-likeness (QED) is 0.807. The minimum Gasteiger partial charge on any atom is -0.384 e. The monoisotopic (exact) mass is 240 g/mol. The number of sulfone groups is 1. The first-order valence-electron chi connectivity index (χ1n) is 5.41. The largest absolute Gasteiger partial charge is 0.384 e. The first-order chi connectivity index (χ1) is 7.41. The Morgan fingerprint density at radius 3 is 2.75 bits per heavy atom. The summed E-state index contributed by atoms with van der Waals surface area (Å²) in [6, 6.07) is 7.45. The highest BCUT2D eigenvalue weighted by Crippen LogP contribution is 2.32. The van der Waals surface area contributed by atoms with Crippen molar-refractivity contribution in [3.8, 4) is 0 Å². The van der Waals surface area contributed by atoms with Crippen LogP contribution in [0.3, 0.4) is 0 Å². The number of aliphatic hydroxyl groups is 1. The summed E-state index contributed by atoms with van der Waals surface area (Å²) in [5.41, 5.74) is 0.563. The number of hydrogen-bond donors (Lipinski definition) is 1. The van der Waals surface area contributed by atoms with Crippen LogP contribution in [0.25, 0.3) is 0 Å². The molecule has 3 nitrogen and oxygen atoms in total. The van der Waals surface area contributed by atoms with Crippen molar-refractivity contribution in [2.45, 2.75) is 25.4 Å². The van der Waals surface area contributed by atoms with E-state index in [0.717, 1.165) is 11.1 Å². The molecule has 0 bridgehead atoms. The van der Waals surface area contributed by atoms with Crippen molar-refractivity contribution in [3.63, 3.8) is 0 Å². The van der Waals surface area contributed by atoms with E-state index in [9.17, 15) is 13.5 Å². The molecular formula is C12H16O3S. The zero-order chi connectivity index (χ0) is 11.8. The van der Waals surface area contributed by atoms with Crippen molar-refractivity contribution < 1.29 is 13.5 Å². The topological polar surface area (TPSA) is 54.4 Å². The van der Waals surface area contributed by atoms with Crippen LogP contribution < -0.4 is 0 Å². The fourth-order valence-electron chi connectivity index (χ4n) is 2.25. The molecule has 1 aromatic rings. The van der Waals surface area contributed by atoms with Crippen LogP contribution in [0.2, 0.25) is 0 Å². The summed E-state index contributed by atoms with van der Waals surface area (Å²) in [7, 11) is -3.10. The Hall–Kier alpha value is -0.870. The van der Waals surface area contributed by atoms with Gasteiger partial charge in [0.1, 0.15) is 5.60 Å². The smallest absolute Gasteiger partial charge is 0.153 e. The molecule has 1 aliphatic rings. The summed E-state index contributed by atoms with van der Waals surface area (Å²) in [6.07, 6.45) is 1.06. The van der Waals surface area contributed by atoms with Gasteiger partial charge in [0, 0.05) is 0 Å². The van der Waals surface area contributed by atoms with E-state index in [1.165, 1.54) is 0 Å². The van der Waals surface area contributed by atoms with Gasteiger partial charge in [-0.15, -0.1) is 0 Å². The summed E-state index contributed by atoms with van der Waals surface area (Å²) in [5.74, 6) is 0.0462. The van der Waals surface area contributed by atoms with Gasteiger partial charge in [-0.25, -0.2) is 8.42 Å². The highest BCUT2D eigenvalue weighted by atomic mass is 32.2. The Kier molecular flexibility index (Phi) is 2.80. The molecule has 1 aromatic carbocycles. The van der Waals surface area contributed by atoms with E-state index in [2.05, 4.69) is 0 Å². The lowest BCUT2D eigenvalue weighted by Gasteiger charge is -2.32. The van der Waals surface area contributed by atoms with Crippen LogP contribution in [0.4, 0.5) is 0 Å². The second-order valence-electron chi connectivity index (χ2n) is 4.60. The van der Waals surface area contributed by atoms with Crippen LogP contribution in [0, 0.1) is 6.92 Å². The molecule has 1 heterocycles. The molecule has 0 aromatic heterocycles. The maximum atomic E-state index is 11.6. The number of aryl methyl sites for hydroxylation is 1. The Morgan fingerprint density at radius 2 is 2.12 bits per heavy atom.